The number of nitrogens with one attached hydrogen (secondary N) is 2. The number of hydrogen-bond donors (Lipinski definition) is 3. The molecule has 0 aliphatic rings. The normalized spacial score (nSPS) is 11.0. The summed E-state index contributed by atoms with van der Waals surface area (Å²) in [4.78, 5) is 33.3. The summed E-state index contributed by atoms with van der Waals surface area (Å²) in [6.45, 7) is 5.76. The summed E-state index contributed by atoms with van der Waals surface area (Å²) in [6.07, 6.45) is 11.7. The van der Waals surface area contributed by atoms with Gasteiger partial charge in [0.1, 0.15) is 0 Å². The van der Waals surface area contributed by atoms with Gasteiger partial charge >= 0.3 is 5.97 Å². The van der Waals surface area contributed by atoms with Crippen molar-refractivity contribution in [3.05, 3.63) is 0 Å². The highest BCUT2D eigenvalue weighted by atomic mass is 79.9. The van der Waals surface area contributed by atoms with Crippen LogP contribution in [-0.4, -0.2) is 107 Å². The van der Waals surface area contributed by atoms with Crippen LogP contribution in [-0.2, 0) is 38.1 Å². The zero-order valence-corrected chi connectivity index (χ0v) is 25.9. The summed E-state index contributed by atoms with van der Waals surface area (Å²) in [5.41, 5.74) is 0. The number of carbonyl (C=O) groups is 3. The first-order valence-electron chi connectivity index (χ1n) is 14.8. The number of rotatable bonds is 32. The van der Waals surface area contributed by atoms with Gasteiger partial charge in [-0.1, -0.05) is 67.3 Å². The third-order valence-electron chi connectivity index (χ3n) is 5.79. The van der Waals surface area contributed by atoms with E-state index in [0.29, 0.717) is 90.9 Å². The van der Waals surface area contributed by atoms with Crippen molar-refractivity contribution >= 4 is 33.7 Å². The largest absolute Gasteiger partial charge is 0.481 e. The van der Waals surface area contributed by atoms with Gasteiger partial charge in [-0.3, -0.25) is 14.4 Å². The maximum Gasteiger partial charge on any atom is 0.303 e. The maximum absolute atomic E-state index is 11.9. The molecule has 0 fully saturated rings. The van der Waals surface area contributed by atoms with Gasteiger partial charge in [0.2, 0.25) is 11.8 Å². The predicted octanol–water partition coefficient (Wildman–Crippen LogP) is 3.46. The van der Waals surface area contributed by atoms with Crippen LogP contribution in [0.5, 0.6) is 0 Å². The zero-order chi connectivity index (χ0) is 29.4. The Kier molecular flexibility index (Phi) is 31.2. The van der Waals surface area contributed by atoms with Gasteiger partial charge in [0.15, 0.2) is 0 Å². The first kappa shape index (κ1) is 38.7. The SMILES string of the molecule is O=C(O)CCCCCCCCCCCCC(=O)NCCOCCOCCOCCOCCOCCNC(=O)CBr. The lowest BCUT2D eigenvalue weighted by Crippen LogP contribution is -2.28. The molecular formula is C28H53BrN2O9. The fourth-order valence-corrected chi connectivity index (χ4v) is 3.82. The molecule has 12 heteroatoms. The Morgan fingerprint density at radius 3 is 1.18 bits per heavy atom. The van der Waals surface area contributed by atoms with E-state index >= 15 is 0 Å². The number of unbranched alkanes of at least 4 members (excludes halogenated alkanes) is 9. The lowest BCUT2D eigenvalue weighted by Gasteiger charge is -2.08. The van der Waals surface area contributed by atoms with Crippen LogP contribution in [0.25, 0.3) is 0 Å². The monoisotopic (exact) mass is 640 g/mol. The highest BCUT2D eigenvalue weighted by molar-refractivity contribution is 9.09. The first-order valence-corrected chi connectivity index (χ1v) is 15.9. The quantitative estimate of drug-likeness (QED) is 0.0744. The molecule has 0 aromatic heterocycles. The van der Waals surface area contributed by atoms with Gasteiger partial charge < -0.3 is 39.4 Å². The smallest absolute Gasteiger partial charge is 0.303 e. The Labute approximate surface area is 248 Å². The lowest BCUT2D eigenvalue weighted by atomic mass is 10.1. The fourth-order valence-electron chi connectivity index (χ4n) is 3.62. The Balaban J connectivity index is 3.17. The highest BCUT2D eigenvalue weighted by Crippen LogP contribution is 2.12. The van der Waals surface area contributed by atoms with Crippen LogP contribution in [0, 0.1) is 0 Å². The van der Waals surface area contributed by atoms with Gasteiger partial charge in [-0.05, 0) is 12.8 Å². The number of hydrogen-bond acceptors (Lipinski definition) is 8. The van der Waals surface area contributed by atoms with Gasteiger partial charge in [0.25, 0.3) is 0 Å². The number of carboxylic acids is 1. The van der Waals surface area contributed by atoms with E-state index in [1.54, 1.807) is 0 Å². The van der Waals surface area contributed by atoms with Gasteiger partial charge in [-0.25, -0.2) is 0 Å². The molecule has 3 N–H and O–H groups in total. The standard InChI is InChI=1S/C28H53BrN2O9/c29-25-27(33)31-14-16-37-18-20-39-22-24-40-23-21-38-19-17-36-15-13-30-26(32)11-9-7-5-3-1-2-4-6-8-10-12-28(34)35/h1-25H2,(H,30,32)(H,31,33)(H,34,35). The predicted molar refractivity (Wildman–Crippen MR) is 157 cm³/mol. The second-order valence-corrected chi connectivity index (χ2v) is 9.89. The van der Waals surface area contributed by atoms with Crippen molar-refractivity contribution in [2.24, 2.45) is 0 Å². The number of amides is 2. The van der Waals surface area contributed by atoms with Crippen molar-refractivity contribution in [1.29, 1.82) is 0 Å². The molecule has 0 rings (SSSR count). The van der Waals surface area contributed by atoms with Crippen LogP contribution in [0.4, 0.5) is 0 Å². The molecule has 0 spiro atoms. The summed E-state index contributed by atoms with van der Waals surface area (Å²) < 4.78 is 27.1. The molecule has 2 amide bonds. The number of carboxylic acid groups (broad SMARTS) is 1. The summed E-state index contributed by atoms with van der Waals surface area (Å²) in [5, 5.41) is 14.5. The summed E-state index contributed by atoms with van der Waals surface area (Å²) >= 11 is 3.07. The van der Waals surface area contributed by atoms with Crippen LogP contribution in [0.1, 0.15) is 77.0 Å². The Bertz CT molecular complexity index is 600. The Morgan fingerprint density at radius 2 is 0.800 bits per heavy atom. The van der Waals surface area contributed by atoms with E-state index < -0.39 is 5.97 Å². The van der Waals surface area contributed by atoms with Gasteiger partial charge in [-0.2, -0.15) is 0 Å². The molecule has 0 heterocycles. The molecule has 40 heavy (non-hydrogen) atoms. The number of ether oxygens (including phenoxy) is 5. The molecule has 236 valence electrons. The number of aliphatic carboxylic acids is 1. The van der Waals surface area contributed by atoms with Crippen LogP contribution in [0.15, 0.2) is 0 Å². The minimum Gasteiger partial charge on any atom is -0.481 e. The first-order chi connectivity index (χ1) is 19.6. The summed E-state index contributed by atoms with van der Waals surface area (Å²) in [5.74, 6) is -0.686. The number of alkyl halides is 1. The van der Waals surface area contributed by atoms with Crippen LogP contribution in [0.2, 0.25) is 0 Å². The Morgan fingerprint density at radius 1 is 0.475 bits per heavy atom. The molecule has 0 atom stereocenters. The molecule has 0 aliphatic carbocycles. The van der Waals surface area contributed by atoms with E-state index in [-0.39, 0.29) is 18.2 Å². The molecule has 0 saturated carbocycles. The molecule has 0 radical (unpaired) electrons. The molecular weight excluding hydrogens is 588 g/mol. The van der Waals surface area contributed by atoms with E-state index in [2.05, 4.69) is 26.6 Å². The van der Waals surface area contributed by atoms with E-state index in [1.807, 2.05) is 0 Å². The molecule has 0 aliphatic heterocycles. The second kappa shape index (κ2) is 32.2. The molecule has 11 nitrogen and oxygen atoms in total. The van der Waals surface area contributed by atoms with Crippen molar-refractivity contribution in [3.63, 3.8) is 0 Å². The van der Waals surface area contributed by atoms with Gasteiger partial charge in [-0.15, -0.1) is 0 Å². The lowest BCUT2D eigenvalue weighted by molar-refractivity contribution is -0.137. The van der Waals surface area contributed by atoms with Crippen molar-refractivity contribution in [2.45, 2.75) is 77.0 Å². The average molecular weight is 642 g/mol. The third kappa shape index (κ3) is 32.9. The molecule has 0 aromatic carbocycles. The van der Waals surface area contributed by atoms with Crippen molar-refractivity contribution in [3.8, 4) is 0 Å². The third-order valence-corrected chi connectivity index (χ3v) is 6.30. The van der Waals surface area contributed by atoms with Crippen LogP contribution >= 0.6 is 15.9 Å². The van der Waals surface area contributed by atoms with Crippen LogP contribution in [0.3, 0.4) is 0 Å². The summed E-state index contributed by atoms with van der Waals surface area (Å²) in [7, 11) is 0. The fraction of sp³-hybridized carbons (Fsp3) is 0.893. The van der Waals surface area contributed by atoms with Gasteiger partial charge in [0.05, 0.1) is 71.4 Å². The zero-order valence-electron chi connectivity index (χ0n) is 24.3. The topological polar surface area (TPSA) is 142 Å². The van der Waals surface area contributed by atoms with E-state index in [0.717, 1.165) is 38.5 Å². The second-order valence-electron chi connectivity index (χ2n) is 9.32. The summed E-state index contributed by atoms with van der Waals surface area (Å²) in [6, 6.07) is 0. The molecule has 0 bridgehead atoms. The number of halogens is 1. The van der Waals surface area contributed by atoms with Crippen LogP contribution < -0.4 is 10.6 Å². The molecule has 0 unspecified atom stereocenters. The molecule has 0 aromatic rings. The minimum atomic E-state index is -0.702. The maximum atomic E-state index is 11.9. The van der Waals surface area contributed by atoms with Gasteiger partial charge in [0, 0.05) is 25.9 Å². The molecule has 0 saturated heterocycles. The van der Waals surface area contributed by atoms with E-state index in [9.17, 15) is 14.4 Å². The average Bonchev–Trinajstić information content (AvgIpc) is 2.94. The highest BCUT2D eigenvalue weighted by Gasteiger charge is 2.01. The van der Waals surface area contributed by atoms with E-state index in [1.165, 1.54) is 25.7 Å². The van der Waals surface area contributed by atoms with E-state index in [4.69, 9.17) is 28.8 Å². The van der Waals surface area contributed by atoms with Crippen molar-refractivity contribution in [2.75, 3.05) is 84.5 Å². The van der Waals surface area contributed by atoms with Crippen molar-refractivity contribution in [1.82, 2.24) is 10.6 Å². The van der Waals surface area contributed by atoms with Crippen molar-refractivity contribution < 1.29 is 43.2 Å². The minimum absolute atomic E-state index is 0.0595. The number of carbonyl (C=O) groups excluding carboxylic acids is 2. The Hall–Kier alpha value is -1.31.